The van der Waals surface area contributed by atoms with Gasteiger partial charge in [0.05, 0.1) is 18.0 Å². The summed E-state index contributed by atoms with van der Waals surface area (Å²) in [6.07, 6.45) is 3.15. The van der Waals surface area contributed by atoms with Gasteiger partial charge in [0.15, 0.2) is 0 Å². The van der Waals surface area contributed by atoms with Crippen LogP contribution in [-0.2, 0) is 12.0 Å². The zero-order valence-corrected chi connectivity index (χ0v) is 14.3. The molecule has 1 heterocycles. The number of benzene rings is 1. The predicted octanol–water partition coefficient (Wildman–Crippen LogP) is 3.73. The number of nitriles is 1. The van der Waals surface area contributed by atoms with Gasteiger partial charge >= 0.3 is 0 Å². The Labute approximate surface area is 131 Å². The second-order valence-electron chi connectivity index (χ2n) is 6.53. The highest BCUT2D eigenvalue weighted by molar-refractivity contribution is 6.76. The summed E-state index contributed by atoms with van der Waals surface area (Å²) in [5, 5.41) is 14.8. The number of nitrogens with zero attached hydrogens (tertiary/aromatic N) is 4. The van der Waals surface area contributed by atoms with Gasteiger partial charge in [-0.15, -0.1) is 0 Å². The monoisotopic (exact) mass is 318 g/mol. The largest absolute Gasteiger partial charge is 0.251 e. The molecule has 0 saturated heterocycles. The van der Waals surface area contributed by atoms with Crippen molar-refractivity contribution in [3.63, 3.8) is 0 Å². The molecule has 1 atom stereocenters. The van der Waals surface area contributed by atoms with E-state index in [4.69, 9.17) is 11.6 Å². The highest BCUT2D eigenvalue weighted by Gasteiger charge is 2.38. The molecule has 0 aliphatic carbocycles. The van der Waals surface area contributed by atoms with E-state index in [0.717, 1.165) is 11.6 Å². The number of rotatable bonds is 5. The molecule has 0 fully saturated rings. The maximum Gasteiger partial charge on any atom is 0.137 e. The molecule has 0 amide bonds. The van der Waals surface area contributed by atoms with Crippen LogP contribution in [0.4, 0.5) is 0 Å². The summed E-state index contributed by atoms with van der Waals surface area (Å²) in [7, 11) is -1.47. The van der Waals surface area contributed by atoms with Crippen molar-refractivity contribution in [3.05, 3.63) is 47.5 Å². The normalized spacial score (nSPS) is 14.4. The quantitative estimate of drug-likeness (QED) is 0.789. The lowest BCUT2D eigenvalue weighted by Crippen LogP contribution is -2.38. The van der Waals surface area contributed by atoms with Crippen molar-refractivity contribution in [2.45, 2.75) is 37.6 Å². The Morgan fingerprint density at radius 2 is 2.14 bits per heavy atom. The first kappa shape index (κ1) is 15.7. The van der Waals surface area contributed by atoms with Crippen LogP contribution in [0.1, 0.15) is 5.56 Å². The Bertz CT molecular complexity index is 642. The maximum atomic E-state index is 9.95. The summed E-state index contributed by atoms with van der Waals surface area (Å²) in [4.78, 5) is 3.98. The minimum Gasteiger partial charge on any atom is -0.251 e. The molecule has 1 unspecified atom stereocenters. The van der Waals surface area contributed by atoms with Gasteiger partial charge in [-0.05, 0) is 23.7 Å². The van der Waals surface area contributed by atoms with Crippen molar-refractivity contribution in [1.29, 1.82) is 5.26 Å². The summed E-state index contributed by atoms with van der Waals surface area (Å²) >= 11 is 6.13. The van der Waals surface area contributed by atoms with Crippen LogP contribution < -0.4 is 0 Å². The Balaban J connectivity index is 2.48. The first-order valence-electron chi connectivity index (χ1n) is 6.84. The molecule has 0 aliphatic rings. The first-order valence-corrected chi connectivity index (χ1v) is 10.9. The van der Waals surface area contributed by atoms with Crippen LogP contribution in [0.5, 0.6) is 0 Å². The second-order valence-corrected chi connectivity index (χ2v) is 12.4. The Kier molecular flexibility index (Phi) is 4.50. The van der Waals surface area contributed by atoms with E-state index in [1.165, 1.54) is 6.33 Å². The summed E-state index contributed by atoms with van der Waals surface area (Å²) in [6, 6.07) is 11.0. The van der Waals surface area contributed by atoms with Crippen LogP contribution >= 0.6 is 11.6 Å². The third kappa shape index (κ3) is 3.93. The van der Waals surface area contributed by atoms with Crippen LogP contribution in [0.3, 0.4) is 0 Å². The van der Waals surface area contributed by atoms with Crippen LogP contribution in [0, 0.1) is 11.3 Å². The van der Waals surface area contributed by atoms with Crippen molar-refractivity contribution in [1.82, 2.24) is 14.8 Å². The molecule has 0 radical (unpaired) electrons. The molecule has 0 aliphatic heterocycles. The molecule has 2 aromatic rings. The molecule has 21 heavy (non-hydrogen) atoms. The highest BCUT2D eigenvalue weighted by Crippen LogP contribution is 2.35. The Morgan fingerprint density at radius 3 is 2.67 bits per heavy atom. The number of aromatic nitrogens is 3. The zero-order valence-electron chi connectivity index (χ0n) is 12.5. The number of hydrogen-bond acceptors (Lipinski definition) is 3. The molecule has 0 saturated carbocycles. The van der Waals surface area contributed by atoms with E-state index in [1.807, 2.05) is 24.3 Å². The summed E-state index contributed by atoms with van der Waals surface area (Å²) in [5.74, 6) is 0. The minimum absolute atomic E-state index is 0.494. The lowest BCUT2D eigenvalue weighted by Gasteiger charge is -2.32. The van der Waals surface area contributed by atoms with Gasteiger partial charge in [-0.3, -0.25) is 4.68 Å². The summed E-state index contributed by atoms with van der Waals surface area (Å²) < 4.78 is 1.73. The molecule has 110 valence electrons. The van der Waals surface area contributed by atoms with Crippen molar-refractivity contribution in [2.75, 3.05) is 0 Å². The van der Waals surface area contributed by atoms with Gasteiger partial charge in [-0.1, -0.05) is 43.4 Å². The number of halogens is 1. The second kappa shape index (κ2) is 6.00. The van der Waals surface area contributed by atoms with Crippen molar-refractivity contribution in [3.8, 4) is 6.07 Å². The molecule has 1 aromatic carbocycles. The van der Waals surface area contributed by atoms with Crippen LogP contribution in [0.25, 0.3) is 0 Å². The minimum atomic E-state index is -1.47. The first-order chi connectivity index (χ1) is 9.85. The maximum absolute atomic E-state index is 9.95. The van der Waals surface area contributed by atoms with E-state index in [2.05, 4.69) is 35.8 Å². The summed E-state index contributed by atoms with van der Waals surface area (Å²) in [6.45, 7) is 7.30. The van der Waals surface area contributed by atoms with E-state index in [0.29, 0.717) is 11.6 Å². The third-order valence-corrected chi connectivity index (χ3v) is 5.22. The smallest absolute Gasteiger partial charge is 0.137 e. The van der Waals surface area contributed by atoms with E-state index >= 15 is 0 Å². The van der Waals surface area contributed by atoms with E-state index in [1.54, 1.807) is 11.0 Å². The van der Waals surface area contributed by atoms with Gasteiger partial charge in [0.2, 0.25) is 0 Å². The molecule has 0 spiro atoms. The van der Waals surface area contributed by atoms with Gasteiger partial charge in [-0.2, -0.15) is 10.4 Å². The lowest BCUT2D eigenvalue weighted by atomic mass is 9.83. The molecule has 2 rings (SSSR count). The van der Waals surface area contributed by atoms with E-state index < -0.39 is 13.5 Å². The summed E-state index contributed by atoms with van der Waals surface area (Å²) in [5.41, 5.74) is 0.332. The third-order valence-electron chi connectivity index (χ3n) is 3.32. The molecule has 0 N–H and O–H groups in total. The lowest BCUT2D eigenvalue weighted by molar-refractivity contribution is 0.456. The van der Waals surface area contributed by atoms with Gasteiger partial charge in [0.1, 0.15) is 12.7 Å². The molecule has 0 bridgehead atoms. The predicted molar refractivity (Wildman–Crippen MR) is 86.9 cm³/mol. The van der Waals surface area contributed by atoms with Crippen LogP contribution in [0.15, 0.2) is 36.9 Å². The van der Waals surface area contributed by atoms with Crippen LogP contribution in [-0.4, -0.2) is 22.8 Å². The fraction of sp³-hybridized carbons (Fsp3) is 0.400. The van der Waals surface area contributed by atoms with Gasteiger partial charge in [0, 0.05) is 13.1 Å². The van der Waals surface area contributed by atoms with Crippen LogP contribution in [0.2, 0.25) is 30.7 Å². The molecular formula is C15H19ClN4Si. The standard InChI is InChI=1S/C15H19ClN4Si/c1-21(2,3)10-15(8-17,9-20-12-18-11-19-20)13-5-4-6-14(16)7-13/h4-7,11-12H,9-10H2,1-3H3. The van der Waals surface area contributed by atoms with Crippen molar-refractivity contribution >= 4 is 19.7 Å². The zero-order chi connectivity index (χ0) is 15.5. The number of hydrogen-bond donors (Lipinski definition) is 0. The fourth-order valence-corrected chi connectivity index (χ4v) is 5.07. The average Bonchev–Trinajstić information content (AvgIpc) is 2.89. The van der Waals surface area contributed by atoms with Crippen molar-refractivity contribution < 1.29 is 0 Å². The molecule has 6 heteroatoms. The fourth-order valence-electron chi connectivity index (χ4n) is 2.67. The SMILES string of the molecule is C[Si](C)(C)CC(C#N)(Cn1cncn1)c1cccc(Cl)c1. The Hall–Kier alpha value is -1.64. The highest BCUT2D eigenvalue weighted by atomic mass is 35.5. The molecule has 1 aromatic heterocycles. The van der Waals surface area contributed by atoms with E-state index in [9.17, 15) is 5.26 Å². The van der Waals surface area contributed by atoms with Crippen molar-refractivity contribution in [2.24, 2.45) is 0 Å². The average molecular weight is 319 g/mol. The van der Waals surface area contributed by atoms with E-state index in [-0.39, 0.29) is 0 Å². The topological polar surface area (TPSA) is 54.5 Å². The van der Waals surface area contributed by atoms with Gasteiger partial charge < -0.3 is 0 Å². The molecule has 4 nitrogen and oxygen atoms in total. The van der Waals surface area contributed by atoms with Gasteiger partial charge in [0.25, 0.3) is 0 Å². The molecular weight excluding hydrogens is 300 g/mol. The Morgan fingerprint density at radius 1 is 1.38 bits per heavy atom. The van der Waals surface area contributed by atoms with Gasteiger partial charge in [-0.25, -0.2) is 4.98 Å².